The van der Waals surface area contributed by atoms with Gasteiger partial charge in [-0.1, -0.05) is 0 Å². The van der Waals surface area contributed by atoms with Gasteiger partial charge in [-0.3, -0.25) is 0 Å². The van der Waals surface area contributed by atoms with Gasteiger partial charge in [-0.15, -0.1) is 0 Å². The van der Waals surface area contributed by atoms with E-state index in [0.717, 1.165) is 11.5 Å². The van der Waals surface area contributed by atoms with Crippen molar-refractivity contribution in [1.82, 2.24) is 20.1 Å². The topological polar surface area (TPSA) is 103 Å². The van der Waals surface area contributed by atoms with Crippen LogP contribution in [0.4, 0.5) is 0 Å². The second-order valence-electron chi connectivity index (χ2n) is 4.06. The Hall–Kier alpha value is -1.77. The zero-order chi connectivity index (χ0) is 14.0. The molecule has 0 aliphatic rings. The molecule has 0 aliphatic carbocycles. The molecular weight excluding hydrogens is 266 g/mol. The van der Waals surface area contributed by atoms with E-state index in [9.17, 15) is 8.42 Å². The standard InChI is InChI=1S/C11H15N5O2S/c1-8-14-11(7-13-2)16(15-8)9-3-5-10(6-4-9)19(12,17)18/h3-6,13H,7H2,1-2H3,(H2,12,17,18). The van der Waals surface area contributed by atoms with E-state index >= 15 is 0 Å². The summed E-state index contributed by atoms with van der Waals surface area (Å²) in [6.45, 7) is 2.37. The summed E-state index contributed by atoms with van der Waals surface area (Å²) in [6.07, 6.45) is 0. The molecule has 0 saturated carbocycles. The van der Waals surface area contributed by atoms with Gasteiger partial charge in [0, 0.05) is 0 Å². The summed E-state index contributed by atoms with van der Waals surface area (Å²) in [4.78, 5) is 4.37. The van der Waals surface area contributed by atoms with Gasteiger partial charge < -0.3 is 5.32 Å². The summed E-state index contributed by atoms with van der Waals surface area (Å²) in [6, 6.07) is 6.19. The number of sulfonamides is 1. The van der Waals surface area contributed by atoms with E-state index in [-0.39, 0.29) is 4.90 Å². The van der Waals surface area contributed by atoms with Crippen LogP contribution in [0.25, 0.3) is 5.69 Å². The van der Waals surface area contributed by atoms with Gasteiger partial charge >= 0.3 is 0 Å². The molecule has 102 valence electrons. The number of nitrogens with two attached hydrogens (primary N) is 1. The quantitative estimate of drug-likeness (QED) is 0.817. The van der Waals surface area contributed by atoms with Gasteiger partial charge in [0.15, 0.2) is 0 Å². The minimum absolute atomic E-state index is 0.0725. The normalized spacial score (nSPS) is 11.7. The van der Waals surface area contributed by atoms with Crippen LogP contribution >= 0.6 is 0 Å². The number of hydrogen-bond donors (Lipinski definition) is 2. The van der Waals surface area contributed by atoms with Gasteiger partial charge in [0.2, 0.25) is 10.0 Å². The molecule has 0 saturated heterocycles. The second-order valence-corrected chi connectivity index (χ2v) is 5.62. The van der Waals surface area contributed by atoms with Gasteiger partial charge in [0.1, 0.15) is 11.6 Å². The first-order valence-electron chi connectivity index (χ1n) is 5.62. The van der Waals surface area contributed by atoms with Crippen LogP contribution in [0.5, 0.6) is 0 Å². The highest BCUT2D eigenvalue weighted by Gasteiger charge is 2.11. The first-order chi connectivity index (χ1) is 8.91. The summed E-state index contributed by atoms with van der Waals surface area (Å²) in [7, 11) is -1.86. The van der Waals surface area contributed by atoms with Crippen molar-refractivity contribution in [3.8, 4) is 5.69 Å². The lowest BCUT2D eigenvalue weighted by atomic mass is 10.3. The molecule has 0 unspecified atom stereocenters. The molecule has 1 aromatic carbocycles. The molecular formula is C11H15N5O2S. The van der Waals surface area contributed by atoms with Crippen LogP contribution in [0.3, 0.4) is 0 Å². The van der Waals surface area contributed by atoms with Crippen LogP contribution in [-0.4, -0.2) is 30.2 Å². The van der Waals surface area contributed by atoms with Crippen LogP contribution in [0, 0.1) is 6.92 Å². The number of benzene rings is 1. The van der Waals surface area contributed by atoms with Gasteiger partial charge in [0.25, 0.3) is 0 Å². The molecule has 0 aliphatic heterocycles. The van der Waals surface area contributed by atoms with E-state index in [4.69, 9.17) is 5.14 Å². The first-order valence-corrected chi connectivity index (χ1v) is 7.17. The van der Waals surface area contributed by atoms with Crippen LogP contribution < -0.4 is 10.5 Å². The Labute approximate surface area is 111 Å². The van der Waals surface area contributed by atoms with Crippen LogP contribution in [0.1, 0.15) is 11.6 Å². The van der Waals surface area contributed by atoms with Crippen molar-refractivity contribution in [2.75, 3.05) is 7.05 Å². The van der Waals surface area contributed by atoms with Gasteiger partial charge in [-0.2, -0.15) is 5.10 Å². The Balaban J connectivity index is 2.42. The smallest absolute Gasteiger partial charge is 0.238 e. The van der Waals surface area contributed by atoms with Crippen molar-refractivity contribution in [2.45, 2.75) is 18.4 Å². The van der Waals surface area contributed by atoms with E-state index < -0.39 is 10.0 Å². The zero-order valence-corrected chi connectivity index (χ0v) is 11.5. The molecule has 0 atom stereocenters. The number of rotatable bonds is 4. The SMILES string of the molecule is CNCc1nc(C)nn1-c1ccc(S(N)(=O)=O)cc1. The average Bonchev–Trinajstić information content (AvgIpc) is 2.70. The lowest BCUT2D eigenvalue weighted by Gasteiger charge is -2.06. The molecule has 8 heteroatoms. The van der Waals surface area contributed by atoms with Gasteiger partial charge in [0.05, 0.1) is 17.1 Å². The predicted molar refractivity (Wildman–Crippen MR) is 70.2 cm³/mol. The maximum absolute atomic E-state index is 11.2. The maximum atomic E-state index is 11.2. The van der Waals surface area contributed by atoms with E-state index in [0.29, 0.717) is 12.4 Å². The third-order valence-electron chi connectivity index (χ3n) is 2.52. The summed E-state index contributed by atoms with van der Waals surface area (Å²) >= 11 is 0. The third-order valence-corrected chi connectivity index (χ3v) is 3.45. The summed E-state index contributed by atoms with van der Waals surface area (Å²) in [5, 5.41) is 12.3. The highest BCUT2D eigenvalue weighted by atomic mass is 32.2. The Bertz CT molecular complexity index is 676. The molecule has 19 heavy (non-hydrogen) atoms. The molecule has 0 spiro atoms. The Morgan fingerprint density at radius 1 is 1.32 bits per heavy atom. The molecule has 1 aromatic heterocycles. The minimum Gasteiger partial charge on any atom is -0.313 e. The highest BCUT2D eigenvalue weighted by Crippen LogP contribution is 2.13. The molecule has 3 N–H and O–H groups in total. The zero-order valence-electron chi connectivity index (χ0n) is 10.7. The van der Waals surface area contributed by atoms with Crippen molar-refractivity contribution in [3.63, 3.8) is 0 Å². The fourth-order valence-corrected chi connectivity index (χ4v) is 2.23. The number of aromatic nitrogens is 3. The van der Waals surface area contributed by atoms with Crippen molar-refractivity contribution < 1.29 is 8.42 Å². The van der Waals surface area contributed by atoms with E-state index in [1.807, 2.05) is 7.05 Å². The van der Waals surface area contributed by atoms with Crippen molar-refractivity contribution >= 4 is 10.0 Å². The van der Waals surface area contributed by atoms with Crippen LogP contribution in [-0.2, 0) is 16.6 Å². The van der Waals surface area contributed by atoms with Crippen LogP contribution in [0.2, 0.25) is 0 Å². The Kier molecular flexibility index (Phi) is 3.65. The number of nitrogens with one attached hydrogen (secondary N) is 1. The summed E-state index contributed by atoms with van der Waals surface area (Å²) in [5.41, 5.74) is 0.734. The maximum Gasteiger partial charge on any atom is 0.238 e. The van der Waals surface area contributed by atoms with Gasteiger partial charge in [-0.05, 0) is 38.2 Å². The first kappa shape index (κ1) is 13.7. The largest absolute Gasteiger partial charge is 0.313 e. The Morgan fingerprint density at radius 2 is 1.95 bits per heavy atom. The molecule has 0 bridgehead atoms. The predicted octanol–water partition coefficient (Wildman–Crippen LogP) is -0.0575. The molecule has 0 fully saturated rings. The number of hydrogen-bond acceptors (Lipinski definition) is 5. The van der Waals surface area contributed by atoms with Crippen molar-refractivity contribution in [2.24, 2.45) is 5.14 Å². The number of aryl methyl sites for hydroxylation is 1. The molecule has 7 nitrogen and oxygen atoms in total. The molecule has 1 heterocycles. The molecule has 0 radical (unpaired) electrons. The molecule has 0 amide bonds. The number of primary sulfonamides is 1. The van der Waals surface area contributed by atoms with E-state index in [1.54, 1.807) is 23.7 Å². The van der Waals surface area contributed by atoms with E-state index in [2.05, 4.69) is 15.4 Å². The molecule has 2 aromatic rings. The summed E-state index contributed by atoms with van der Waals surface area (Å²) < 4.78 is 24.0. The lowest BCUT2D eigenvalue weighted by molar-refractivity contribution is 0.597. The minimum atomic E-state index is -3.67. The van der Waals surface area contributed by atoms with Crippen molar-refractivity contribution in [1.29, 1.82) is 0 Å². The summed E-state index contributed by atoms with van der Waals surface area (Å²) in [5.74, 6) is 1.41. The van der Waals surface area contributed by atoms with Gasteiger partial charge in [-0.25, -0.2) is 23.2 Å². The van der Waals surface area contributed by atoms with Crippen molar-refractivity contribution in [3.05, 3.63) is 35.9 Å². The average molecular weight is 281 g/mol. The number of nitrogens with zero attached hydrogens (tertiary/aromatic N) is 3. The fraction of sp³-hybridized carbons (Fsp3) is 0.273. The molecule has 2 rings (SSSR count). The highest BCUT2D eigenvalue weighted by molar-refractivity contribution is 7.89. The third kappa shape index (κ3) is 2.98. The van der Waals surface area contributed by atoms with Crippen LogP contribution in [0.15, 0.2) is 29.2 Å². The second kappa shape index (κ2) is 5.08. The fourth-order valence-electron chi connectivity index (χ4n) is 1.72. The lowest BCUT2D eigenvalue weighted by Crippen LogP contribution is -2.13. The monoisotopic (exact) mass is 281 g/mol. The van der Waals surface area contributed by atoms with E-state index in [1.165, 1.54) is 12.1 Å². The Morgan fingerprint density at radius 3 is 2.47 bits per heavy atom.